The largest absolute Gasteiger partial charge is 0.487 e. The summed E-state index contributed by atoms with van der Waals surface area (Å²) in [6, 6.07) is 9.28. The Morgan fingerprint density at radius 2 is 2.07 bits per heavy atom. The predicted molar refractivity (Wildman–Crippen MR) is 102 cm³/mol. The van der Waals surface area contributed by atoms with Crippen LogP contribution in [0.3, 0.4) is 0 Å². The smallest absolute Gasteiger partial charge is 0.333 e. The number of hydrogen-bond donors (Lipinski definition) is 1. The van der Waals surface area contributed by atoms with Gasteiger partial charge in [0.1, 0.15) is 23.8 Å². The number of hydrogen-bond acceptors (Lipinski definition) is 6. The minimum atomic E-state index is -0.958. The van der Waals surface area contributed by atoms with Crippen LogP contribution in [0.25, 0.3) is 11.5 Å². The van der Waals surface area contributed by atoms with Gasteiger partial charge < -0.3 is 19.0 Å². The summed E-state index contributed by atoms with van der Waals surface area (Å²) in [5.74, 6) is 1.05. The molecule has 0 unspecified atom stereocenters. The number of aromatic nitrogens is 1. The lowest BCUT2D eigenvalue weighted by Crippen LogP contribution is -2.26. The van der Waals surface area contributed by atoms with Gasteiger partial charge in [-0.15, -0.1) is 0 Å². The van der Waals surface area contributed by atoms with Crippen LogP contribution in [0.5, 0.6) is 5.75 Å². The van der Waals surface area contributed by atoms with Gasteiger partial charge in [-0.2, -0.15) is 11.3 Å². The maximum Gasteiger partial charge on any atom is 0.333 e. The zero-order valence-corrected chi connectivity index (χ0v) is 16.0. The molecule has 3 aromatic rings. The van der Waals surface area contributed by atoms with Crippen molar-refractivity contribution in [3.8, 4) is 17.2 Å². The molecule has 0 fully saturated rings. The zero-order valence-electron chi connectivity index (χ0n) is 15.2. The number of carboxylic acids is 1. The summed E-state index contributed by atoms with van der Waals surface area (Å²) < 4.78 is 16.7. The third kappa shape index (κ3) is 4.96. The molecule has 1 N–H and O–H groups in total. The van der Waals surface area contributed by atoms with Gasteiger partial charge >= 0.3 is 5.97 Å². The van der Waals surface area contributed by atoms with Gasteiger partial charge in [0.25, 0.3) is 0 Å². The van der Waals surface area contributed by atoms with Crippen molar-refractivity contribution in [1.82, 2.24) is 4.98 Å². The number of ether oxygens (including phenoxy) is 2. The summed E-state index contributed by atoms with van der Waals surface area (Å²) in [6.07, 6.45) is -0.523. The van der Waals surface area contributed by atoms with Gasteiger partial charge in [0.2, 0.25) is 5.89 Å². The van der Waals surface area contributed by atoms with Gasteiger partial charge in [0.05, 0.1) is 0 Å². The monoisotopic (exact) mass is 387 g/mol. The molecule has 142 valence electrons. The molecule has 2 heterocycles. The van der Waals surface area contributed by atoms with E-state index in [4.69, 9.17) is 19.0 Å². The Kier molecular flexibility index (Phi) is 6.26. The maximum absolute atomic E-state index is 11.2. The fourth-order valence-electron chi connectivity index (χ4n) is 2.58. The van der Waals surface area contributed by atoms with Gasteiger partial charge in [-0.25, -0.2) is 9.78 Å². The van der Waals surface area contributed by atoms with Crippen LogP contribution in [0, 0.1) is 6.92 Å². The Morgan fingerprint density at radius 1 is 1.30 bits per heavy atom. The van der Waals surface area contributed by atoms with Crippen molar-refractivity contribution in [2.24, 2.45) is 0 Å². The molecular weight excluding hydrogens is 366 g/mol. The van der Waals surface area contributed by atoms with Crippen LogP contribution >= 0.6 is 11.3 Å². The predicted octanol–water partition coefficient (Wildman–Crippen LogP) is 4.32. The molecule has 27 heavy (non-hydrogen) atoms. The molecule has 2 aromatic heterocycles. The topological polar surface area (TPSA) is 81.8 Å². The minimum absolute atomic E-state index is 0.301. The molecule has 0 aliphatic heterocycles. The quantitative estimate of drug-likeness (QED) is 0.589. The SMILES string of the molecule is CCO[C@H](Cc1ccc(OCc2nc(-c3ccsc3)oc2C)cc1)C(=O)O. The number of carboxylic acid groups (broad SMARTS) is 1. The van der Waals surface area contributed by atoms with E-state index in [-0.39, 0.29) is 0 Å². The molecule has 0 spiro atoms. The molecule has 1 atom stereocenters. The van der Waals surface area contributed by atoms with Crippen LogP contribution in [0.1, 0.15) is 23.9 Å². The molecular formula is C20H21NO5S. The second-order valence-electron chi connectivity index (χ2n) is 5.95. The number of carbonyl (C=O) groups is 1. The molecule has 0 bridgehead atoms. The van der Waals surface area contributed by atoms with E-state index in [0.717, 1.165) is 22.6 Å². The average molecular weight is 387 g/mol. The third-order valence-corrected chi connectivity index (χ3v) is 4.71. The summed E-state index contributed by atoms with van der Waals surface area (Å²) in [6.45, 7) is 4.31. The lowest BCUT2D eigenvalue weighted by Gasteiger charge is -2.12. The van der Waals surface area contributed by atoms with Crippen molar-refractivity contribution in [2.75, 3.05) is 6.61 Å². The number of nitrogens with zero attached hydrogens (tertiary/aromatic N) is 1. The van der Waals surface area contributed by atoms with E-state index >= 15 is 0 Å². The molecule has 0 saturated carbocycles. The molecule has 6 nitrogen and oxygen atoms in total. The number of aliphatic carboxylic acids is 1. The van der Waals surface area contributed by atoms with Crippen molar-refractivity contribution in [1.29, 1.82) is 0 Å². The lowest BCUT2D eigenvalue weighted by molar-refractivity contribution is -0.149. The van der Waals surface area contributed by atoms with E-state index in [1.807, 2.05) is 48.0 Å². The van der Waals surface area contributed by atoms with E-state index in [1.54, 1.807) is 18.3 Å². The third-order valence-electron chi connectivity index (χ3n) is 4.02. The van der Waals surface area contributed by atoms with Gasteiger partial charge in [-0.1, -0.05) is 12.1 Å². The van der Waals surface area contributed by atoms with Crippen LogP contribution in [-0.4, -0.2) is 28.8 Å². The highest BCUT2D eigenvalue weighted by molar-refractivity contribution is 7.08. The number of rotatable bonds is 9. The highest BCUT2D eigenvalue weighted by Gasteiger charge is 2.18. The van der Waals surface area contributed by atoms with Crippen molar-refractivity contribution >= 4 is 17.3 Å². The molecule has 3 rings (SSSR count). The minimum Gasteiger partial charge on any atom is -0.487 e. The van der Waals surface area contributed by atoms with Crippen LogP contribution in [0.15, 0.2) is 45.5 Å². The van der Waals surface area contributed by atoms with E-state index in [9.17, 15) is 4.79 Å². The van der Waals surface area contributed by atoms with E-state index < -0.39 is 12.1 Å². The number of benzene rings is 1. The first-order valence-electron chi connectivity index (χ1n) is 8.61. The number of thiophene rings is 1. The highest BCUT2D eigenvalue weighted by Crippen LogP contribution is 2.24. The van der Waals surface area contributed by atoms with Crippen LogP contribution < -0.4 is 4.74 Å². The van der Waals surface area contributed by atoms with Crippen LogP contribution in [0.4, 0.5) is 0 Å². The summed E-state index contributed by atoms with van der Waals surface area (Å²) in [4.78, 5) is 15.7. The van der Waals surface area contributed by atoms with Crippen molar-refractivity contribution < 1.29 is 23.8 Å². The number of oxazole rings is 1. The lowest BCUT2D eigenvalue weighted by atomic mass is 10.1. The Morgan fingerprint density at radius 3 is 2.70 bits per heavy atom. The summed E-state index contributed by atoms with van der Waals surface area (Å²) in [7, 11) is 0. The number of aryl methyl sites for hydroxylation is 1. The van der Waals surface area contributed by atoms with E-state index in [1.165, 1.54) is 0 Å². The summed E-state index contributed by atoms with van der Waals surface area (Å²) in [5.41, 5.74) is 2.59. The second kappa shape index (κ2) is 8.83. The van der Waals surface area contributed by atoms with Crippen molar-refractivity contribution in [3.63, 3.8) is 0 Å². The van der Waals surface area contributed by atoms with Crippen molar-refractivity contribution in [3.05, 3.63) is 58.1 Å². The first kappa shape index (κ1) is 19.1. The molecule has 0 aliphatic carbocycles. The Hall–Kier alpha value is -2.64. The molecule has 1 aromatic carbocycles. The molecule has 0 amide bonds. The average Bonchev–Trinajstić information content (AvgIpc) is 3.30. The van der Waals surface area contributed by atoms with Gasteiger partial charge in [0, 0.05) is 24.0 Å². The second-order valence-corrected chi connectivity index (χ2v) is 6.73. The molecule has 0 aliphatic rings. The van der Waals surface area contributed by atoms with E-state index in [0.29, 0.717) is 31.3 Å². The molecule has 7 heteroatoms. The first-order valence-corrected chi connectivity index (χ1v) is 9.56. The molecule has 0 saturated heterocycles. The Bertz CT molecular complexity index is 870. The Labute approximate surface area is 161 Å². The van der Waals surface area contributed by atoms with E-state index in [2.05, 4.69) is 4.98 Å². The highest BCUT2D eigenvalue weighted by atomic mass is 32.1. The van der Waals surface area contributed by atoms with Crippen LogP contribution in [0.2, 0.25) is 0 Å². The van der Waals surface area contributed by atoms with Crippen LogP contribution in [-0.2, 0) is 22.6 Å². The van der Waals surface area contributed by atoms with Crippen molar-refractivity contribution in [2.45, 2.75) is 33.0 Å². The van der Waals surface area contributed by atoms with Gasteiger partial charge in [-0.3, -0.25) is 0 Å². The molecule has 0 radical (unpaired) electrons. The fraction of sp³-hybridized carbons (Fsp3) is 0.300. The zero-order chi connectivity index (χ0) is 19.2. The first-order chi connectivity index (χ1) is 13.1. The Balaban J connectivity index is 1.60. The van der Waals surface area contributed by atoms with Gasteiger partial charge in [0.15, 0.2) is 6.10 Å². The normalized spacial score (nSPS) is 12.1. The maximum atomic E-state index is 11.2. The summed E-state index contributed by atoms with van der Waals surface area (Å²) in [5, 5.41) is 13.1. The van der Waals surface area contributed by atoms with Gasteiger partial charge in [-0.05, 0) is 43.0 Å². The fourth-order valence-corrected chi connectivity index (χ4v) is 3.21. The standard InChI is InChI=1S/C20H21NO5S/c1-3-24-18(20(22)23)10-14-4-6-16(7-5-14)25-11-17-13(2)26-19(21-17)15-8-9-27-12-15/h4-9,12,18H,3,10-11H2,1-2H3,(H,22,23)/t18-/m1/s1. The summed E-state index contributed by atoms with van der Waals surface area (Å²) >= 11 is 1.59.